The Morgan fingerprint density at radius 3 is 2.76 bits per heavy atom. The van der Waals surface area contributed by atoms with Crippen LogP contribution < -0.4 is 10.9 Å². The number of nitrogens with one attached hydrogen (secondary N) is 1. The standard InChI is InChI=1S/C18H15NO6/c20-16(13-11-12-5-1-2-6-14(12)25-17(13)21)19-8-4-10-24-18(22)15-7-3-9-23-15/h1-3,5-7,9,11H,4,8,10H2,(H,19,20). The van der Waals surface area contributed by atoms with Crippen molar-refractivity contribution in [2.45, 2.75) is 6.42 Å². The van der Waals surface area contributed by atoms with Crippen LogP contribution in [0.25, 0.3) is 11.0 Å². The summed E-state index contributed by atoms with van der Waals surface area (Å²) in [6, 6.07) is 11.5. The number of benzene rings is 1. The highest BCUT2D eigenvalue weighted by atomic mass is 16.5. The van der Waals surface area contributed by atoms with Crippen LogP contribution in [0.15, 0.2) is 62.4 Å². The summed E-state index contributed by atoms with van der Waals surface area (Å²) in [5.41, 5.74) is -0.333. The zero-order chi connectivity index (χ0) is 17.6. The summed E-state index contributed by atoms with van der Waals surface area (Å²) in [6.07, 6.45) is 1.78. The fourth-order valence-electron chi connectivity index (χ4n) is 2.22. The van der Waals surface area contributed by atoms with Crippen LogP contribution in [0.5, 0.6) is 0 Å². The summed E-state index contributed by atoms with van der Waals surface area (Å²) in [5, 5.41) is 3.27. The average Bonchev–Trinajstić information content (AvgIpc) is 3.15. The summed E-state index contributed by atoms with van der Waals surface area (Å²) in [5.74, 6) is -0.971. The molecule has 0 spiro atoms. The van der Waals surface area contributed by atoms with Gasteiger partial charge in [-0.05, 0) is 30.7 Å². The summed E-state index contributed by atoms with van der Waals surface area (Å²) < 4.78 is 15.0. The monoisotopic (exact) mass is 341 g/mol. The lowest BCUT2D eigenvalue weighted by molar-refractivity contribution is 0.0464. The van der Waals surface area contributed by atoms with Crippen molar-refractivity contribution in [1.29, 1.82) is 0 Å². The molecule has 3 rings (SSSR count). The Balaban J connectivity index is 1.50. The zero-order valence-electron chi connectivity index (χ0n) is 13.2. The first-order valence-corrected chi connectivity index (χ1v) is 7.67. The molecule has 0 saturated carbocycles. The number of rotatable bonds is 6. The first-order chi connectivity index (χ1) is 12.1. The van der Waals surface area contributed by atoms with E-state index < -0.39 is 17.5 Å². The summed E-state index contributed by atoms with van der Waals surface area (Å²) in [6.45, 7) is 0.364. The number of fused-ring (bicyclic) bond motifs is 1. The van der Waals surface area contributed by atoms with E-state index in [1.165, 1.54) is 18.4 Å². The Kier molecular flexibility index (Phi) is 4.94. The number of carbonyl (C=O) groups excluding carboxylic acids is 2. The van der Waals surface area contributed by atoms with Gasteiger partial charge in [0.2, 0.25) is 5.76 Å². The third-order valence-corrected chi connectivity index (χ3v) is 3.45. The van der Waals surface area contributed by atoms with Crippen molar-refractivity contribution in [3.63, 3.8) is 0 Å². The molecular weight excluding hydrogens is 326 g/mol. The van der Waals surface area contributed by atoms with E-state index in [4.69, 9.17) is 13.6 Å². The lowest BCUT2D eigenvalue weighted by atomic mass is 10.2. The van der Waals surface area contributed by atoms with Crippen molar-refractivity contribution in [2.24, 2.45) is 0 Å². The highest BCUT2D eigenvalue weighted by Gasteiger charge is 2.13. The van der Waals surface area contributed by atoms with Gasteiger partial charge in [0.1, 0.15) is 11.1 Å². The number of amides is 1. The molecule has 25 heavy (non-hydrogen) atoms. The number of ether oxygens (including phenoxy) is 1. The zero-order valence-corrected chi connectivity index (χ0v) is 13.2. The van der Waals surface area contributed by atoms with Gasteiger partial charge >= 0.3 is 11.6 Å². The van der Waals surface area contributed by atoms with Crippen LogP contribution in [0.2, 0.25) is 0 Å². The van der Waals surface area contributed by atoms with Crippen LogP contribution in [0.3, 0.4) is 0 Å². The average molecular weight is 341 g/mol. The molecule has 2 heterocycles. The third kappa shape index (κ3) is 3.95. The van der Waals surface area contributed by atoms with Gasteiger partial charge in [0.05, 0.1) is 12.9 Å². The maximum Gasteiger partial charge on any atom is 0.374 e. The number of carbonyl (C=O) groups is 2. The van der Waals surface area contributed by atoms with Crippen LogP contribution >= 0.6 is 0 Å². The fraction of sp³-hybridized carbons (Fsp3) is 0.167. The highest BCUT2D eigenvalue weighted by Crippen LogP contribution is 2.12. The number of hydrogen-bond donors (Lipinski definition) is 1. The summed E-state index contributed by atoms with van der Waals surface area (Å²) in [7, 11) is 0. The van der Waals surface area contributed by atoms with E-state index in [2.05, 4.69) is 5.32 Å². The summed E-state index contributed by atoms with van der Waals surface area (Å²) >= 11 is 0. The van der Waals surface area contributed by atoms with Crippen molar-refractivity contribution >= 4 is 22.8 Å². The molecule has 0 aliphatic rings. The second-order valence-electron chi connectivity index (χ2n) is 5.21. The van der Waals surface area contributed by atoms with Crippen LogP contribution in [0.1, 0.15) is 27.3 Å². The van der Waals surface area contributed by atoms with Crippen molar-refractivity contribution in [3.8, 4) is 0 Å². The maximum absolute atomic E-state index is 12.1. The first kappa shape index (κ1) is 16.5. The molecule has 0 fully saturated rings. The van der Waals surface area contributed by atoms with Crippen molar-refractivity contribution in [1.82, 2.24) is 5.32 Å². The van der Waals surface area contributed by atoms with Gasteiger partial charge in [-0.25, -0.2) is 9.59 Å². The topological polar surface area (TPSA) is 98.7 Å². The minimum absolute atomic E-state index is 0.0636. The number of esters is 1. The smallest absolute Gasteiger partial charge is 0.374 e. The van der Waals surface area contributed by atoms with Gasteiger partial charge in [-0.3, -0.25) is 4.79 Å². The SMILES string of the molecule is O=C(OCCCNC(=O)c1cc2ccccc2oc1=O)c1ccco1. The van der Waals surface area contributed by atoms with Crippen molar-refractivity contribution in [2.75, 3.05) is 13.2 Å². The normalized spacial score (nSPS) is 10.6. The van der Waals surface area contributed by atoms with E-state index >= 15 is 0 Å². The van der Waals surface area contributed by atoms with Crippen molar-refractivity contribution in [3.05, 3.63) is 70.5 Å². The van der Waals surface area contributed by atoms with Gasteiger partial charge in [0, 0.05) is 11.9 Å². The molecule has 7 nitrogen and oxygen atoms in total. The number of para-hydroxylation sites is 1. The van der Waals surface area contributed by atoms with Gasteiger partial charge in [0.25, 0.3) is 5.91 Å². The Hall–Kier alpha value is -3.35. The molecule has 0 saturated heterocycles. The largest absolute Gasteiger partial charge is 0.460 e. The van der Waals surface area contributed by atoms with E-state index in [-0.39, 0.29) is 24.5 Å². The Labute approximate surface area is 142 Å². The van der Waals surface area contributed by atoms with E-state index in [0.29, 0.717) is 17.4 Å². The minimum atomic E-state index is -0.694. The lowest BCUT2D eigenvalue weighted by Crippen LogP contribution is -2.29. The molecule has 0 atom stereocenters. The van der Waals surface area contributed by atoms with Crippen LogP contribution in [0, 0.1) is 0 Å². The Morgan fingerprint density at radius 2 is 1.96 bits per heavy atom. The first-order valence-electron chi connectivity index (χ1n) is 7.67. The van der Waals surface area contributed by atoms with E-state index in [1.807, 2.05) is 0 Å². The molecule has 0 radical (unpaired) electrons. The quantitative estimate of drug-likeness (QED) is 0.420. The molecule has 1 N–H and O–H groups in total. The lowest BCUT2D eigenvalue weighted by Gasteiger charge is -2.06. The Morgan fingerprint density at radius 1 is 1.12 bits per heavy atom. The van der Waals surface area contributed by atoms with E-state index in [0.717, 1.165) is 0 Å². The second kappa shape index (κ2) is 7.48. The molecule has 1 aromatic carbocycles. The number of hydrogen-bond acceptors (Lipinski definition) is 6. The predicted octanol–water partition coefficient (Wildman–Crippen LogP) is 2.36. The van der Waals surface area contributed by atoms with Crippen LogP contribution in [0.4, 0.5) is 0 Å². The molecule has 1 amide bonds. The second-order valence-corrected chi connectivity index (χ2v) is 5.21. The molecule has 0 aliphatic heterocycles. The highest BCUT2D eigenvalue weighted by molar-refractivity contribution is 5.96. The molecule has 2 aromatic heterocycles. The van der Waals surface area contributed by atoms with Gasteiger partial charge in [-0.15, -0.1) is 0 Å². The van der Waals surface area contributed by atoms with Gasteiger partial charge in [-0.1, -0.05) is 18.2 Å². The fourth-order valence-corrected chi connectivity index (χ4v) is 2.22. The molecule has 7 heteroatoms. The van der Waals surface area contributed by atoms with Gasteiger partial charge < -0.3 is 18.9 Å². The molecule has 128 valence electrons. The minimum Gasteiger partial charge on any atom is -0.460 e. The molecule has 0 bridgehead atoms. The van der Waals surface area contributed by atoms with Gasteiger partial charge in [-0.2, -0.15) is 0 Å². The Bertz CT molecular complexity index is 942. The molecular formula is C18H15NO6. The van der Waals surface area contributed by atoms with E-state index in [1.54, 1.807) is 30.3 Å². The molecule has 0 aliphatic carbocycles. The van der Waals surface area contributed by atoms with Crippen LogP contribution in [-0.2, 0) is 4.74 Å². The van der Waals surface area contributed by atoms with Gasteiger partial charge in [0.15, 0.2) is 0 Å². The maximum atomic E-state index is 12.1. The molecule has 3 aromatic rings. The third-order valence-electron chi connectivity index (χ3n) is 3.45. The van der Waals surface area contributed by atoms with Crippen LogP contribution in [-0.4, -0.2) is 25.0 Å². The molecule has 0 unspecified atom stereocenters. The van der Waals surface area contributed by atoms with E-state index in [9.17, 15) is 14.4 Å². The predicted molar refractivity (Wildman–Crippen MR) is 88.4 cm³/mol. The number of furan rings is 1. The summed E-state index contributed by atoms with van der Waals surface area (Å²) in [4.78, 5) is 35.5. The van der Waals surface area contributed by atoms with Crippen molar-refractivity contribution < 1.29 is 23.2 Å².